The van der Waals surface area contributed by atoms with Crippen molar-refractivity contribution in [1.29, 1.82) is 5.26 Å². The van der Waals surface area contributed by atoms with Gasteiger partial charge in [-0.25, -0.2) is 4.39 Å². The number of hydrogen-bond acceptors (Lipinski definition) is 3. The summed E-state index contributed by atoms with van der Waals surface area (Å²) in [6.45, 7) is 0.269. The Balaban J connectivity index is 2.74. The van der Waals surface area contributed by atoms with E-state index in [9.17, 15) is 9.18 Å². The summed E-state index contributed by atoms with van der Waals surface area (Å²) in [5.74, 6) is -1.27. The van der Waals surface area contributed by atoms with Crippen LogP contribution in [0.25, 0.3) is 0 Å². The van der Waals surface area contributed by atoms with Gasteiger partial charge in [0.25, 0.3) is 0 Å². The van der Waals surface area contributed by atoms with Crippen LogP contribution in [0.15, 0.2) is 24.3 Å². The van der Waals surface area contributed by atoms with E-state index < -0.39 is 12.0 Å². The molecule has 17 heavy (non-hydrogen) atoms. The molecule has 1 unspecified atom stereocenters. The SMILES string of the molecule is CN(CCC(=O)O)C(C#N)c1ccc(F)cc1. The summed E-state index contributed by atoms with van der Waals surface area (Å²) in [4.78, 5) is 12.1. The van der Waals surface area contributed by atoms with Gasteiger partial charge in [-0.05, 0) is 24.7 Å². The number of nitriles is 1. The molecule has 0 aliphatic carbocycles. The van der Waals surface area contributed by atoms with Crippen molar-refractivity contribution in [3.05, 3.63) is 35.6 Å². The number of benzene rings is 1. The van der Waals surface area contributed by atoms with Gasteiger partial charge in [0.05, 0.1) is 12.5 Å². The fourth-order valence-corrected chi connectivity index (χ4v) is 1.47. The molecule has 1 rings (SSSR count). The van der Waals surface area contributed by atoms with Crippen LogP contribution in [0, 0.1) is 17.1 Å². The monoisotopic (exact) mass is 236 g/mol. The fourth-order valence-electron chi connectivity index (χ4n) is 1.47. The number of hydrogen-bond donors (Lipinski definition) is 1. The van der Waals surface area contributed by atoms with Crippen molar-refractivity contribution >= 4 is 5.97 Å². The van der Waals surface area contributed by atoms with Gasteiger partial charge in [-0.15, -0.1) is 0 Å². The van der Waals surface area contributed by atoms with E-state index in [1.807, 2.05) is 0 Å². The largest absolute Gasteiger partial charge is 0.481 e. The quantitative estimate of drug-likeness (QED) is 0.846. The molecule has 1 aromatic carbocycles. The minimum atomic E-state index is -0.910. The summed E-state index contributed by atoms with van der Waals surface area (Å²) >= 11 is 0. The molecule has 0 radical (unpaired) electrons. The molecule has 1 atom stereocenters. The highest BCUT2D eigenvalue weighted by Crippen LogP contribution is 2.18. The van der Waals surface area contributed by atoms with E-state index in [1.54, 1.807) is 11.9 Å². The van der Waals surface area contributed by atoms with Crippen molar-refractivity contribution in [1.82, 2.24) is 4.90 Å². The van der Waals surface area contributed by atoms with Gasteiger partial charge in [0.1, 0.15) is 11.9 Å². The van der Waals surface area contributed by atoms with Gasteiger partial charge in [0, 0.05) is 6.54 Å². The Bertz CT molecular complexity index is 425. The Morgan fingerprint density at radius 3 is 2.59 bits per heavy atom. The van der Waals surface area contributed by atoms with E-state index in [-0.39, 0.29) is 18.8 Å². The molecule has 4 nitrogen and oxygen atoms in total. The second kappa shape index (κ2) is 5.97. The molecule has 1 N–H and O–H groups in total. The van der Waals surface area contributed by atoms with Crippen LogP contribution in [-0.4, -0.2) is 29.6 Å². The summed E-state index contributed by atoms with van der Waals surface area (Å²) in [5, 5.41) is 17.6. The van der Waals surface area contributed by atoms with Crippen LogP contribution in [0.5, 0.6) is 0 Å². The molecule has 0 aliphatic rings. The molecule has 0 fully saturated rings. The zero-order valence-electron chi connectivity index (χ0n) is 9.43. The Kier molecular flexibility index (Phi) is 4.61. The van der Waals surface area contributed by atoms with Gasteiger partial charge in [-0.2, -0.15) is 5.26 Å². The first-order chi connectivity index (χ1) is 8.04. The number of halogens is 1. The molecule has 90 valence electrons. The second-order valence-corrected chi connectivity index (χ2v) is 3.71. The minimum Gasteiger partial charge on any atom is -0.481 e. The van der Waals surface area contributed by atoms with Gasteiger partial charge < -0.3 is 5.11 Å². The second-order valence-electron chi connectivity index (χ2n) is 3.71. The Labute approximate surface area is 98.9 Å². The number of aliphatic carboxylic acids is 1. The van der Waals surface area contributed by atoms with Crippen LogP contribution in [-0.2, 0) is 4.79 Å². The predicted octanol–water partition coefficient (Wildman–Crippen LogP) is 1.80. The molecule has 5 heteroatoms. The van der Waals surface area contributed by atoms with E-state index >= 15 is 0 Å². The van der Waals surface area contributed by atoms with E-state index in [1.165, 1.54) is 24.3 Å². The molecule has 0 spiro atoms. The highest BCUT2D eigenvalue weighted by molar-refractivity contribution is 5.66. The number of carbonyl (C=O) groups is 1. The number of carboxylic acid groups (broad SMARTS) is 1. The van der Waals surface area contributed by atoms with Gasteiger partial charge >= 0.3 is 5.97 Å². The average molecular weight is 236 g/mol. The maximum Gasteiger partial charge on any atom is 0.304 e. The first-order valence-corrected chi connectivity index (χ1v) is 5.11. The van der Waals surface area contributed by atoms with Gasteiger partial charge in [-0.3, -0.25) is 9.69 Å². The third-order valence-corrected chi connectivity index (χ3v) is 2.43. The molecule has 0 bridgehead atoms. The molecule has 1 aromatic rings. The normalized spacial score (nSPS) is 12.1. The minimum absolute atomic E-state index is 0.0319. The average Bonchev–Trinajstić information content (AvgIpc) is 2.30. The maximum absolute atomic E-state index is 12.7. The van der Waals surface area contributed by atoms with Crippen molar-refractivity contribution < 1.29 is 14.3 Å². The highest BCUT2D eigenvalue weighted by atomic mass is 19.1. The van der Waals surface area contributed by atoms with E-state index in [4.69, 9.17) is 10.4 Å². The Morgan fingerprint density at radius 2 is 2.12 bits per heavy atom. The first-order valence-electron chi connectivity index (χ1n) is 5.11. The van der Waals surface area contributed by atoms with Crippen LogP contribution in [0.2, 0.25) is 0 Å². The summed E-state index contributed by atoms with van der Waals surface area (Å²) < 4.78 is 12.7. The Morgan fingerprint density at radius 1 is 1.53 bits per heavy atom. The van der Waals surface area contributed by atoms with Gasteiger partial charge in [0.2, 0.25) is 0 Å². The van der Waals surface area contributed by atoms with Gasteiger partial charge in [-0.1, -0.05) is 12.1 Å². The molecule has 0 saturated carbocycles. The molecule has 0 saturated heterocycles. The number of nitrogens with zero attached hydrogens (tertiary/aromatic N) is 2. The summed E-state index contributed by atoms with van der Waals surface area (Å²) in [6.07, 6.45) is -0.0319. The first kappa shape index (κ1) is 13.1. The lowest BCUT2D eigenvalue weighted by atomic mass is 10.1. The lowest BCUT2D eigenvalue weighted by molar-refractivity contribution is -0.137. The van der Waals surface area contributed by atoms with Crippen LogP contribution in [0.1, 0.15) is 18.0 Å². The van der Waals surface area contributed by atoms with Crippen molar-refractivity contribution in [2.75, 3.05) is 13.6 Å². The molecular weight excluding hydrogens is 223 g/mol. The van der Waals surface area contributed by atoms with Crippen molar-refractivity contribution in [3.63, 3.8) is 0 Å². The molecule has 0 aromatic heterocycles. The maximum atomic E-state index is 12.7. The highest BCUT2D eigenvalue weighted by Gasteiger charge is 2.16. The fraction of sp³-hybridized carbons (Fsp3) is 0.333. The van der Waals surface area contributed by atoms with E-state index in [0.717, 1.165) is 0 Å². The smallest absolute Gasteiger partial charge is 0.304 e. The van der Waals surface area contributed by atoms with E-state index in [0.29, 0.717) is 5.56 Å². The zero-order chi connectivity index (χ0) is 12.8. The Hall–Kier alpha value is -1.93. The van der Waals surface area contributed by atoms with E-state index in [2.05, 4.69) is 6.07 Å². The number of carboxylic acids is 1. The zero-order valence-corrected chi connectivity index (χ0v) is 9.43. The van der Waals surface area contributed by atoms with Crippen LogP contribution < -0.4 is 0 Å². The predicted molar refractivity (Wildman–Crippen MR) is 59.6 cm³/mol. The van der Waals surface area contributed by atoms with Crippen LogP contribution in [0.4, 0.5) is 4.39 Å². The van der Waals surface area contributed by atoms with Crippen LogP contribution >= 0.6 is 0 Å². The topological polar surface area (TPSA) is 64.3 Å². The molecular formula is C12H13FN2O2. The molecule has 0 heterocycles. The summed E-state index contributed by atoms with van der Waals surface area (Å²) in [5.41, 5.74) is 0.654. The molecule has 0 amide bonds. The van der Waals surface area contributed by atoms with Crippen molar-refractivity contribution in [3.8, 4) is 6.07 Å². The summed E-state index contributed by atoms with van der Waals surface area (Å²) in [6, 6.07) is 7.13. The number of rotatable bonds is 5. The van der Waals surface area contributed by atoms with Crippen molar-refractivity contribution in [2.24, 2.45) is 0 Å². The molecule has 0 aliphatic heterocycles. The van der Waals surface area contributed by atoms with Crippen molar-refractivity contribution in [2.45, 2.75) is 12.5 Å². The van der Waals surface area contributed by atoms with Gasteiger partial charge in [0.15, 0.2) is 0 Å². The lowest BCUT2D eigenvalue weighted by Gasteiger charge is -2.21. The third kappa shape index (κ3) is 3.85. The lowest BCUT2D eigenvalue weighted by Crippen LogP contribution is -2.26. The van der Waals surface area contributed by atoms with Crippen LogP contribution in [0.3, 0.4) is 0 Å². The standard InChI is InChI=1S/C12H13FN2O2/c1-15(7-6-12(16)17)11(8-14)9-2-4-10(13)5-3-9/h2-5,11H,6-7H2,1H3,(H,16,17). The third-order valence-electron chi connectivity index (χ3n) is 2.43. The summed E-state index contributed by atoms with van der Waals surface area (Å²) in [7, 11) is 1.67.